The second kappa shape index (κ2) is 44.4. The lowest BCUT2D eigenvalue weighted by Gasteiger charge is -2.18. The molecule has 0 rings (SSSR count). The topological polar surface area (TPSA) is 142 Å². The molecular formula is C50H88N2O7. The Morgan fingerprint density at radius 3 is 1.39 bits per heavy atom. The summed E-state index contributed by atoms with van der Waals surface area (Å²) in [6, 6.07) is -1.39. The Balaban J connectivity index is 4.41. The fraction of sp³-hybridized carbons (Fsp3) is 0.760. The van der Waals surface area contributed by atoms with Crippen molar-refractivity contribution in [2.75, 3.05) is 13.2 Å². The summed E-state index contributed by atoms with van der Waals surface area (Å²) in [5.41, 5.74) is 0. The van der Waals surface area contributed by atoms with Crippen molar-refractivity contribution in [3.8, 4) is 0 Å². The molecule has 9 nitrogen and oxygen atoms in total. The van der Waals surface area contributed by atoms with Crippen LogP contribution in [0.15, 0.2) is 48.6 Å². The number of ether oxygens (including phenoxy) is 1. The summed E-state index contributed by atoms with van der Waals surface area (Å²) < 4.78 is 6.04. The number of amides is 2. The fourth-order valence-corrected chi connectivity index (χ4v) is 6.83. The molecule has 0 aromatic rings. The van der Waals surface area contributed by atoms with Gasteiger partial charge in [0, 0.05) is 12.8 Å². The Kier molecular flexibility index (Phi) is 41.9. The van der Waals surface area contributed by atoms with Crippen molar-refractivity contribution >= 4 is 23.8 Å². The van der Waals surface area contributed by atoms with Crippen molar-refractivity contribution in [1.82, 2.24) is 10.6 Å². The molecule has 0 aliphatic rings. The summed E-state index contributed by atoms with van der Waals surface area (Å²) >= 11 is 0. The summed E-state index contributed by atoms with van der Waals surface area (Å²) in [6.45, 7) is 3.46. The van der Waals surface area contributed by atoms with E-state index in [4.69, 9.17) is 14.9 Å². The zero-order valence-electron chi connectivity index (χ0n) is 37.8. The highest BCUT2D eigenvalue weighted by atomic mass is 16.5. The molecule has 59 heavy (non-hydrogen) atoms. The van der Waals surface area contributed by atoms with Crippen LogP contribution in [0.3, 0.4) is 0 Å². The van der Waals surface area contributed by atoms with Crippen molar-refractivity contribution in [1.29, 1.82) is 0 Å². The molecular weight excluding hydrogens is 741 g/mol. The number of nitrogens with one attached hydrogen (secondary N) is 2. The highest BCUT2D eigenvalue weighted by Gasteiger charge is 2.19. The van der Waals surface area contributed by atoms with E-state index in [1.165, 1.54) is 83.5 Å². The molecule has 2 unspecified atom stereocenters. The van der Waals surface area contributed by atoms with Crippen LogP contribution >= 0.6 is 0 Å². The van der Waals surface area contributed by atoms with E-state index in [-0.39, 0.29) is 30.9 Å². The third-order valence-corrected chi connectivity index (χ3v) is 10.5. The zero-order valence-corrected chi connectivity index (χ0v) is 37.8. The molecule has 0 heterocycles. The van der Waals surface area contributed by atoms with Crippen molar-refractivity contribution < 1.29 is 34.1 Å². The van der Waals surface area contributed by atoms with Gasteiger partial charge in [0.15, 0.2) is 0 Å². The summed E-state index contributed by atoms with van der Waals surface area (Å²) in [6.07, 6.45) is 52.7. The number of rotatable bonds is 43. The van der Waals surface area contributed by atoms with Gasteiger partial charge in [0.25, 0.3) is 0 Å². The van der Waals surface area contributed by atoms with Gasteiger partial charge in [0.2, 0.25) is 11.8 Å². The molecule has 0 aliphatic carbocycles. The fourth-order valence-electron chi connectivity index (χ4n) is 6.83. The number of carbonyl (C=O) groups excluding carboxylic acids is 3. The van der Waals surface area contributed by atoms with Crippen LogP contribution in [0, 0.1) is 0 Å². The second-order valence-electron chi connectivity index (χ2n) is 16.2. The summed E-state index contributed by atoms with van der Waals surface area (Å²) in [5, 5.41) is 22.6. The summed E-state index contributed by atoms with van der Waals surface area (Å²) in [4.78, 5) is 47.7. The molecule has 4 N–H and O–H groups in total. The number of hydrogen-bond donors (Lipinski definition) is 4. The predicted octanol–water partition coefficient (Wildman–Crippen LogP) is 12.3. The van der Waals surface area contributed by atoms with Gasteiger partial charge < -0.3 is 25.6 Å². The van der Waals surface area contributed by atoms with Crippen LogP contribution < -0.4 is 10.6 Å². The summed E-state index contributed by atoms with van der Waals surface area (Å²) in [7, 11) is 0. The molecule has 340 valence electrons. The maximum Gasteiger partial charge on any atom is 0.328 e. The third-order valence-electron chi connectivity index (χ3n) is 10.5. The number of carbonyl (C=O) groups is 4. The zero-order chi connectivity index (χ0) is 43.3. The SMILES string of the molecule is CCCCCC/C=C\C/C=C\CCCCCCCC(=O)OC(CCCCC/C=C\C/C=C\CCCCCCC)CCCCCCCC(=O)NCC(=O)NC(CO)C(=O)O. The average molecular weight is 829 g/mol. The van der Waals surface area contributed by atoms with E-state index in [0.717, 1.165) is 103 Å². The van der Waals surface area contributed by atoms with Gasteiger partial charge in [-0.05, 0) is 103 Å². The van der Waals surface area contributed by atoms with E-state index in [0.29, 0.717) is 12.8 Å². The summed E-state index contributed by atoms with van der Waals surface area (Å²) in [5.74, 6) is -2.32. The monoisotopic (exact) mass is 829 g/mol. The first-order chi connectivity index (χ1) is 28.8. The molecule has 2 amide bonds. The number of carboxylic acids is 1. The molecule has 0 radical (unpaired) electrons. The van der Waals surface area contributed by atoms with Crippen LogP contribution in [0.1, 0.15) is 219 Å². The number of aliphatic hydroxyl groups excluding tert-OH is 1. The van der Waals surface area contributed by atoms with Gasteiger partial charge >= 0.3 is 11.9 Å². The molecule has 0 aromatic carbocycles. The lowest BCUT2D eigenvalue weighted by Crippen LogP contribution is -2.47. The molecule has 0 aromatic heterocycles. The number of allylic oxidation sites excluding steroid dienone is 8. The molecule has 0 aliphatic heterocycles. The van der Waals surface area contributed by atoms with Crippen molar-refractivity contribution in [2.24, 2.45) is 0 Å². The highest BCUT2D eigenvalue weighted by molar-refractivity contribution is 5.87. The van der Waals surface area contributed by atoms with E-state index >= 15 is 0 Å². The second-order valence-corrected chi connectivity index (χ2v) is 16.2. The largest absolute Gasteiger partial charge is 0.480 e. The smallest absolute Gasteiger partial charge is 0.328 e. The number of aliphatic hydroxyl groups is 1. The highest BCUT2D eigenvalue weighted by Crippen LogP contribution is 2.18. The van der Waals surface area contributed by atoms with E-state index in [2.05, 4.69) is 73.1 Å². The number of carboxylic acid groups (broad SMARTS) is 1. The first kappa shape index (κ1) is 55.8. The van der Waals surface area contributed by atoms with Gasteiger partial charge in [-0.2, -0.15) is 0 Å². The lowest BCUT2D eigenvalue weighted by atomic mass is 10.0. The maximum atomic E-state index is 12.8. The van der Waals surface area contributed by atoms with Crippen molar-refractivity contribution in [3.63, 3.8) is 0 Å². The third kappa shape index (κ3) is 41.3. The maximum absolute atomic E-state index is 12.8. The molecule has 2 atom stereocenters. The minimum Gasteiger partial charge on any atom is -0.480 e. The van der Waals surface area contributed by atoms with Crippen molar-refractivity contribution in [3.05, 3.63) is 48.6 Å². The number of esters is 1. The Morgan fingerprint density at radius 1 is 0.508 bits per heavy atom. The molecule has 0 spiro atoms. The van der Waals surface area contributed by atoms with Crippen LogP contribution in [0.2, 0.25) is 0 Å². The minimum atomic E-state index is -1.39. The standard InChI is InChI=1S/C50H88N2O7/c1-3-5-7-9-11-13-15-17-19-21-23-25-27-29-34-38-42-49(56)59-45(39-35-31-28-26-24-22-20-18-16-14-12-10-8-6-4-2)40-36-32-30-33-37-41-47(54)51-43-48(55)52-46(44-53)50(57)58/h13,15-16,18-19,21-22,24,45-46,53H,3-12,14,17,20,23,25-44H2,1-2H3,(H,51,54)(H,52,55)(H,57,58)/b15-13-,18-16-,21-19-,24-22-. The van der Waals surface area contributed by atoms with E-state index < -0.39 is 24.5 Å². The minimum absolute atomic E-state index is 0.0451. The normalized spacial score (nSPS) is 12.9. The Bertz CT molecular complexity index is 1130. The van der Waals surface area contributed by atoms with Gasteiger partial charge in [-0.25, -0.2) is 4.79 Å². The van der Waals surface area contributed by atoms with Gasteiger partial charge in [-0.3, -0.25) is 14.4 Å². The molecule has 0 saturated carbocycles. The van der Waals surface area contributed by atoms with E-state index in [9.17, 15) is 19.2 Å². The van der Waals surface area contributed by atoms with E-state index in [1.54, 1.807) is 0 Å². The predicted molar refractivity (Wildman–Crippen MR) is 245 cm³/mol. The Labute approximate surface area is 360 Å². The molecule has 0 saturated heterocycles. The number of aliphatic carboxylic acids is 1. The van der Waals surface area contributed by atoms with Crippen LogP contribution in [-0.4, -0.2) is 59.3 Å². The van der Waals surface area contributed by atoms with Gasteiger partial charge in [-0.1, -0.05) is 152 Å². The van der Waals surface area contributed by atoms with Crippen LogP contribution in [0.4, 0.5) is 0 Å². The quantitative estimate of drug-likeness (QED) is 0.0272. The van der Waals surface area contributed by atoms with E-state index in [1.807, 2.05) is 0 Å². The first-order valence-corrected chi connectivity index (χ1v) is 24.0. The number of unbranched alkanes of at least 4 members (excludes halogenated alkanes) is 21. The first-order valence-electron chi connectivity index (χ1n) is 24.0. The molecule has 9 heteroatoms. The Morgan fingerprint density at radius 2 is 0.915 bits per heavy atom. The average Bonchev–Trinajstić information content (AvgIpc) is 3.22. The molecule has 0 bridgehead atoms. The van der Waals surface area contributed by atoms with Gasteiger partial charge in [-0.15, -0.1) is 0 Å². The van der Waals surface area contributed by atoms with Gasteiger partial charge in [0.1, 0.15) is 12.1 Å². The Hall–Kier alpha value is -3.20. The lowest BCUT2D eigenvalue weighted by molar-refractivity contribution is -0.150. The number of hydrogen-bond acceptors (Lipinski definition) is 6. The van der Waals surface area contributed by atoms with Crippen molar-refractivity contribution in [2.45, 2.75) is 231 Å². The van der Waals surface area contributed by atoms with Crippen LogP contribution in [0.25, 0.3) is 0 Å². The van der Waals surface area contributed by atoms with Gasteiger partial charge in [0.05, 0.1) is 13.2 Å². The van der Waals surface area contributed by atoms with Crippen LogP contribution in [0.5, 0.6) is 0 Å². The molecule has 0 fully saturated rings. The van der Waals surface area contributed by atoms with Crippen LogP contribution in [-0.2, 0) is 23.9 Å².